The molecule has 5 nitrogen and oxygen atoms in total. The van der Waals surface area contributed by atoms with Crippen molar-refractivity contribution in [2.75, 3.05) is 17.3 Å². The molecule has 1 amide bonds. The van der Waals surface area contributed by atoms with Crippen LogP contribution >= 0.6 is 11.8 Å². The van der Waals surface area contributed by atoms with Crippen LogP contribution < -0.4 is 4.90 Å². The zero-order valence-corrected chi connectivity index (χ0v) is 18.5. The molecular formula is C24H26N2O3S. The number of thioether (sulfide) groups is 1. The van der Waals surface area contributed by atoms with Crippen molar-refractivity contribution < 1.29 is 14.3 Å². The number of rotatable bonds is 6. The summed E-state index contributed by atoms with van der Waals surface area (Å²) in [6.07, 6.45) is 1.78. The Morgan fingerprint density at radius 2 is 1.80 bits per heavy atom. The summed E-state index contributed by atoms with van der Waals surface area (Å²) >= 11 is 1.20. The van der Waals surface area contributed by atoms with Crippen molar-refractivity contribution in [1.29, 1.82) is 0 Å². The van der Waals surface area contributed by atoms with Gasteiger partial charge in [0.15, 0.2) is 5.17 Å². The highest BCUT2D eigenvalue weighted by molar-refractivity contribution is 8.14. The topological polar surface area (TPSA) is 59.0 Å². The van der Waals surface area contributed by atoms with Crippen molar-refractivity contribution in [3.05, 3.63) is 70.9 Å². The molecule has 0 aromatic heterocycles. The zero-order chi connectivity index (χ0) is 21.7. The molecule has 0 saturated carbocycles. The summed E-state index contributed by atoms with van der Waals surface area (Å²) in [6, 6.07) is 15.8. The number of nitrogens with zero attached hydrogens (tertiary/aromatic N) is 2. The Balaban J connectivity index is 1.90. The number of anilines is 1. The van der Waals surface area contributed by atoms with Crippen LogP contribution in [-0.2, 0) is 14.3 Å². The van der Waals surface area contributed by atoms with E-state index < -0.39 is 0 Å². The van der Waals surface area contributed by atoms with Crippen molar-refractivity contribution in [1.82, 2.24) is 0 Å². The van der Waals surface area contributed by atoms with Crippen LogP contribution in [0.2, 0.25) is 0 Å². The lowest BCUT2D eigenvalue weighted by Gasteiger charge is -2.17. The minimum atomic E-state index is -0.330. The summed E-state index contributed by atoms with van der Waals surface area (Å²) < 4.78 is 5.01. The average Bonchev–Trinajstić information content (AvgIpc) is 3.03. The van der Waals surface area contributed by atoms with Gasteiger partial charge in [0.2, 0.25) is 0 Å². The van der Waals surface area contributed by atoms with Gasteiger partial charge in [0.1, 0.15) is 5.70 Å². The SMILES string of the molecule is CCOC(=O)CSC1=NC(=Cc2ccc(C(C)C)cc2)C(=O)N1c1ccc(C)cc1. The van der Waals surface area contributed by atoms with E-state index in [9.17, 15) is 9.59 Å². The van der Waals surface area contributed by atoms with E-state index in [0.29, 0.717) is 23.4 Å². The number of aliphatic imine (C=N–C) groups is 1. The van der Waals surface area contributed by atoms with Gasteiger partial charge in [-0.15, -0.1) is 0 Å². The third-order valence-corrected chi connectivity index (χ3v) is 5.56. The highest BCUT2D eigenvalue weighted by atomic mass is 32.2. The summed E-state index contributed by atoms with van der Waals surface area (Å²) in [6.45, 7) is 8.37. The Labute approximate surface area is 181 Å². The molecule has 156 valence electrons. The summed E-state index contributed by atoms with van der Waals surface area (Å²) in [5.41, 5.74) is 4.32. The van der Waals surface area contributed by atoms with E-state index in [1.54, 1.807) is 17.9 Å². The number of amidine groups is 1. The highest BCUT2D eigenvalue weighted by Crippen LogP contribution is 2.30. The number of hydrogen-bond donors (Lipinski definition) is 0. The summed E-state index contributed by atoms with van der Waals surface area (Å²) in [7, 11) is 0. The maximum absolute atomic E-state index is 13.2. The zero-order valence-electron chi connectivity index (χ0n) is 17.7. The minimum absolute atomic E-state index is 0.0959. The van der Waals surface area contributed by atoms with Gasteiger partial charge >= 0.3 is 5.97 Å². The smallest absolute Gasteiger partial charge is 0.316 e. The average molecular weight is 423 g/mol. The standard InChI is InChI=1S/C24H26N2O3S/c1-5-29-22(27)15-30-24-25-21(14-18-8-10-19(11-9-18)16(2)3)23(28)26(24)20-12-6-17(4)7-13-20/h6-14,16H,5,15H2,1-4H3. The van der Waals surface area contributed by atoms with E-state index in [1.165, 1.54) is 17.3 Å². The quantitative estimate of drug-likeness (QED) is 0.477. The van der Waals surface area contributed by atoms with Crippen LogP contribution in [0.3, 0.4) is 0 Å². The van der Waals surface area contributed by atoms with E-state index in [0.717, 1.165) is 16.8 Å². The number of carbonyl (C=O) groups is 2. The molecule has 0 fully saturated rings. The maximum Gasteiger partial charge on any atom is 0.316 e. The first-order chi connectivity index (χ1) is 14.4. The molecule has 2 aromatic carbocycles. The van der Waals surface area contributed by atoms with Crippen molar-refractivity contribution in [2.45, 2.75) is 33.6 Å². The second-order valence-electron chi connectivity index (χ2n) is 7.32. The van der Waals surface area contributed by atoms with Gasteiger partial charge in [-0.25, -0.2) is 4.99 Å². The fourth-order valence-electron chi connectivity index (χ4n) is 2.98. The molecule has 0 aliphatic carbocycles. The molecule has 6 heteroatoms. The van der Waals surface area contributed by atoms with Gasteiger partial charge in [0.05, 0.1) is 18.0 Å². The fourth-order valence-corrected chi connectivity index (χ4v) is 3.79. The van der Waals surface area contributed by atoms with Crippen LogP contribution in [0.1, 0.15) is 43.4 Å². The highest BCUT2D eigenvalue weighted by Gasteiger charge is 2.32. The third-order valence-electron chi connectivity index (χ3n) is 4.65. The van der Waals surface area contributed by atoms with Crippen LogP contribution in [0.5, 0.6) is 0 Å². The van der Waals surface area contributed by atoms with Crippen molar-refractivity contribution in [3.8, 4) is 0 Å². The van der Waals surface area contributed by atoms with E-state index in [2.05, 4.69) is 31.0 Å². The number of carbonyl (C=O) groups excluding carboxylic acids is 2. The van der Waals surface area contributed by atoms with Crippen molar-refractivity contribution >= 4 is 40.6 Å². The summed E-state index contributed by atoms with van der Waals surface area (Å²) in [4.78, 5) is 31.1. The van der Waals surface area contributed by atoms with E-state index in [-0.39, 0.29) is 17.6 Å². The van der Waals surface area contributed by atoms with Crippen LogP contribution in [0.4, 0.5) is 5.69 Å². The Hall–Kier alpha value is -2.86. The minimum Gasteiger partial charge on any atom is -0.465 e. The molecule has 2 aromatic rings. The largest absolute Gasteiger partial charge is 0.465 e. The van der Waals surface area contributed by atoms with Gasteiger partial charge in [-0.3, -0.25) is 14.5 Å². The Morgan fingerprint density at radius 1 is 1.13 bits per heavy atom. The number of amides is 1. The molecule has 30 heavy (non-hydrogen) atoms. The molecule has 3 rings (SSSR count). The van der Waals surface area contributed by atoms with Crippen LogP contribution in [0.25, 0.3) is 6.08 Å². The Morgan fingerprint density at radius 3 is 2.40 bits per heavy atom. The first kappa shape index (κ1) is 21.8. The number of hydrogen-bond acceptors (Lipinski definition) is 5. The predicted octanol–water partition coefficient (Wildman–Crippen LogP) is 5.16. The van der Waals surface area contributed by atoms with Crippen molar-refractivity contribution in [3.63, 3.8) is 0 Å². The first-order valence-corrected chi connectivity index (χ1v) is 11.0. The number of ether oxygens (including phenoxy) is 1. The molecular weight excluding hydrogens is 396 g/mol. The first-order valence-electron chi connectivity index (χ1n) is 9.99. The monoisotopic (exact) mass is 422 g/mol. The summed E-state index contributed by atoms with van der Waals surface area (Å²) in [5, 5.41) is 0.474. The van der Waals surface area contributed by atoms with Gasteiger partial charge in [-0.2, -0.15) is 0 Å². The van der Waals surface area contributed by atoms with Gasteiger partial charge in [-0.05, 0) is 49.1 Å². The second kappa shape index (κ2) is 9.76. The molecule has 1 heterocycles. The Kier molecular flexibility index (Phi) is 7.11. The number of benzene rings is 2. The molecule has 0 saturated heterocycles. The lowest BCUT2D eigenvalue weighted by atomic mass is 10.0. The van der Waals surface area contributed by atoms with E-state index in [1.807, 2.05) is 43.3 Å². The van der Waals surface area contributed by atoms with Crippen LogP contribution in [-0.4, -0.2) is 29.4 Å². The normalized spacial score (nSPS) is 15.1. The molecule has 0 unspecified atom stereocenters. The molecule has 1 aliphatic heterocycles. The van der Waals surface area contributed by atoms with Gasteiger partial charge in [0, 0.05) is 0 Å². The molecule has 0 bridgehead atoms. The van der Waals surface area contributed by atoms with Crippen LogP contribution in [0, 0.1) is 6.92 Å². The van der Waals surface area contributed by atoms with E-state index >= 15 is 0 Å². The van der Waals surface area contributed by atoms with Gasteiger partial charge in [-0.1, -0.05) is 67.6 Å². The fraction of sp³-hybridized carbons (Fsp3) is 0.292. The molecule has 0 N–H and O–H groups in total. The summed E-state index contributed by atoms with van der Waals surface area (Å²) in [5.74, 6) is 0.000636. The van der Waals surface area contributed by atoms with Crippen molar-refractivity contribution in [2.24, 2.45) is 4.99 Å². The molecule has 0 spiro atoms. The lowest BCUT2D eigenvalue weighted by Crippen LogP contribution is -2.31. The number of esters is 1. The Bertz CT molecular complexity index is 977. The lowest BCUT2D eigenvalue weighted by molar-refractivity contribution is -0.139. The van der Waals surface area contributed by atoms with Gasteiger partial charge in [0.25, 0.3) is 5.91 Å². The second-order valence-corrected chi connectivity index (χ2v) is 8.26. The maximum atomic E-state index is 13.2. The van der Waals surface area contributed by atoms with Crippen LogP contribution in [0.15, 0.2) is 59.2 Å². The predicted molar refractivity (Wildman–Crippen MR) is 124 cm³/mol. The third kappa shape index (κ3) is 5.19. The molecule has 0 atom stereocenters. The number of aryl methyl sites for hydroxylation is 1. The van der Waals surface area contributed by atoms with E-state index in [4.69, 9.17) is 4.74 Å². The molecule has 0 radical (unpaired) electrons. The molecule has 1 aliphatic rings. The van der Waals surface area contributed by atoms with Gasteiger partial charge < -0.3 is 4.74 Å².